The first-order valence-electron chi connectivity index (χ1n) is 6.95. The summed E-state index contributed by atoms with van der Waals surface area (Å²) in [5.74, 6) is 0. The molecule has 0 fully saturated rings. The standard InChI is InChI=1S/C15H26ClN3/c1-6-12-14(16)13(19(5)18-12)10-8-7-9-11-17-15(2,3)4/h7-8,17H,6,9-11H2,1-5H3. The number of nitrogens with zero attached hydrogens (tertiary/aromatic N) is 2. The maximum atomic E-state index is 6.30. The molecule has 1 aromatic rings. The molecular weight excluding hydrogens is 258 g/mol. The molecule has 0 saturated heterocycles. The number of aryl methyl sites for hydroxylation is 2. The van der Waals surface area contributed by atoms with E-state index < -0.39 is 0 Å². The minimum atomic E-state index is 0.190. The lowest BCUT2D eigenvalue weighted by atomic mass is 10.1. The van der Waals surface area contributed by atoms with Gasteiger partial charge in [-0.2, -0.15) is 5.10 Å². The lowest BCUT2D eigenvalue weighted by molar-refractivity contribution is 0.431. The molecular formula is C15H26ClN3. The minimum absolute atomic E-state index is 0.190. The van der Waals surface area contributed by atoms with Gasteiger partial charge in [0, 0.05) is 19.0 Å². The Hall–Kier alpha value is -0.800. The van der Waals surface area contributed by atoms with E-state index in [9.17, 15) is 0 Å². The Balaban J connectivity index is 2.42. The molecule has 0 radical (unpaired) electrons. The van der Waals surface area contributed by atoms with Gasteiger partial charge in [0.05, 0.1) is 16.4 Å². The fourth-order valence-corrected chi connectivity index (χ4v) is 2.26. The van der Waals surface area contributed by atoms with E-state index in [0.29, 0.717) is 0 Å². The Bertz CT molecular complexity index is 427. The highest BCUT2D eigenvalue weighted by atomic mass is 35.5. The quantitative estimate of drug-likeness (QED) is 0.639. The normalized spacial score (nSPS) is 12.5. The van der Waals surface area contributed by atoms with Crippen LogP contribution in [0, 0.1) is 0 Å². The summed E-state index contributed by atoms with van der Waals surface area (Å²) in [4.78, 5) is 0. The number of halogens is 1. The van der Waals surface area contributed by atoms with Gasteiger partial charge in [-0.3, -0.25) is 4.68 Å². The van der Waals surface area contributed by atoms with E-state index in [2.05, 4.69) is 50.3 Å². The minimum Gasteiger partial charge on any atom is -0.312 e. The van der Waals surface area contributed by atoms with Gasteiger partial charge in [-0.15, -0.1) is 0 Å². The van der Waals surface area contributed by atoms with Crippen LogP contribution in [0.15, 0.2) is 12.2 Å². The molecule has 1 heterocycles. The van der Waals surface area contributed by atoms with Gasteiger partial charge in [0.1, 0.15) is 0 Å². The van der Waals surface area contributed by atoms with Crippen LogP contribution in [-0.2, 0) is 19.9 Å². The SMILES string of the molecule is CCc1nn(C)c(CC=CCCNC(C)(C)C)c1Cl. The molecule has 3 nitrogen and oxygen atoms in total. The second-order valence-electron chi connectivity index (χ2n) is 5.83. The lowest BCUT2D eigenvalue weighted by Crippen LogP contribution is -2.36. The van der Waals surface area contributed by atoms with Crippen LogP contribution in [0.1, 0.15) is 45.5 Å². The summed E-state index contributed by atoms with van der Waals surface area (Å²) in [6, 6.07) is 0. The highest BCUT2D eigenvalue weighted by Crippen LogP contribution is 2.21. The molecule has 0 atom stereocenters. The van der Waals surface area contributed by atoms with Gasteiger partial charge in [-0.05, 0) is 40.2 Å². The molecule has 4 heteroatoms. The topological polar surface area (TPSA) is 29.9 Å². The van der Waals surface area contributed by atoms with E-state index in [-0.39, 0.29) is 5.54 Å². The van der Waals surface area contributed by atoms with Crippen molar-refractivity contribution in [2.24, 2.45) is 7.05 Å². The Morgan fingerprint density at radius 2 is 2.00 bits per heavy atom. The fraction of sp³-hybridized carbons (Fsp3) is 0.667. The van der Waals surface area contributed by atoms with E-state index >= 15 is 0 Å². The van der Waals surface area contributed by atoms with Crippen molar-refractivity contribution in [3.63, 3.8) is 0 Å². The highest BCUT2D eigenvalue weighted by molar-refractivity contribution is 6.31. The number of hydrogen-bond acceptors (Lipinski definition) is 2. The molecule has 0 aliphatic rings. The van der Waals surface area contributed by atoms with Gasteiger partial charge in [-0.1, -0.05) is 30.7 Å². The Morgan fingerprint density at radius 1 is 1.32 bits per heavy atom. The third-order valence-electron chi connectivity index (χ3n) is 2.95. The maximum Gasteiger partial charge on any atom is 0.0852 e. The predicted octanol–water partition coefficient (Wildman–Crippen LogP) is 3.51. The average molecular weight is 284 g/mol. The van der Waals surface area contributed by atoms with Crippen molar-refractivity contribution < 1.29 is 0 Å². The molecule has 0 aliphatic carbocycles. The van der Waals surface area contributed by atoms with Crippen LogP contribution in [0.5, 0.6) is 0 Å². The monoisotopic (exact) mass is 283 g/mol. The summed E-state index contributed by atoms with van der Waals surface area (Å²) < 4.78 is 1.89. The summed E-state index contributed by atoms with van der Waals surface area (Å²) in [6.07, 6.45) is 7.14. The van der Waals surface area contributed by atoms with Crippen LogP contribution < -0.4 is 5.32 Å². The van der Waals surface area contributed by atoms with Crippen molar-refractivity contribution in [1.29, 1.82) is 0 Å². The van der Waals surface area contributed by atoms with Gasteiger partial charge >= 0.3 is 0 Å². The smallest absolute Gasteiger partial charge is 0.0852 e. The molecule has 0 bridgehead atoms. The van der Waals surface area contributed by atoms with Crippen molar-refractivity contribution in [3.05, 3.63) is 28.6 Å². The molecule has 1 aromatic heterocycles. The van der Waals surface area contributed by atoms with Gasteiger partial charge in [-0.25, -0.2) is 0 Å². The first-order valence-corrected chi connectivity index (χ1v) is 7.33. The Morgan fingerprint density at radius 3 is 2.53 bits per heavy atom. The van der Waals surface area contributed by atoms with Crippen LogP contribution in [0.3, 0.4) is 0 Å². The van der Waals surface area contributed by atoms with Gasteiger partial charge in [0.2, 0.25) is 0 Å². The van der Waals surface area contributed by atoms with E-state index in [4.69, 9.17) is 11.6 Å². The second kappa shape index (κ2) is 7.11. The van der Waals surface area contributed by atoms with Crippen molar-refractivity contribution in [2.45, 2.75) is 52.5 Å². The molecule has 0 amide bonds. The van der Waals surface area contributed by atoms with Gasteiger partial charge in [0.15, 0.2) is 0 Å². The molecule has 108 valence electrons. The summed E-state index contributed by atoms with van der Waals surface area (Å²) in [6.45, 7) is 9.61. The van der Waals surface area contributed by atoms with Crippen molar-refractivity contribution in [1.82, 2.24) is 15.1 Å². The zero-order chi connectivity index (χ0) is 14.5. The average Bonchev–Trinajstić information content (AvgIpc) is 2.58. The Kier molecular flexibility index (Phi) is 6.08. The van der Waals surface area contributed by atoms with Crippen LogP contribution in [0.2, 0.25) is 5.02 Å². The van der Waals surface area contributed by atoms with E-state index in [1.807, 2.05) is 11.7 Å². The summed E-state index contributed by atoms with van der Waals surface area (Å²) in [7, 11) is 1.95. The van der Waals surface area contributed by atoms with Crippen LogP contribution in [0.4, 0.5) is 0 Å². The molecule has 0 saturated carbocycles. The van der Waals surface area contributed by atoms with Crippen molar-refractivity contribution in [3.8, 4) is 0 Å². The largest absolute Gasteiger partial charge is 0.312 e. The molecule has 19 heavy (non-hydrogen) atoms. The number of rotatable bonds is 6. The second-order valence-corrected chi connectivity index (χ2v) is 6.20. The molecule has 0 unspecified atom stereocenters. The molecule has 0 aromatic carbocycles. The van der Waals surface area contributed by atoms with Gasteiger partial charge in [0.25, 0.3) is 0 Å². The third kappa shape index (κ3) is 5.37. The Labute approximate surface area is 122 Å². The van der Waals surface area contributed by atoms with Crippen molar-refractivity contribution in [2.75, 3.05) is 6.54 Å². The van der Waals surface area contributed by atoms with Crippen LogP contribution in [-0.4, -0.2) is 21.9 Å². The van der Waals surface area contributed by atoms with Gasteiger partial charge < -0.3 is 5.32 Å². The molecule has 0 aliphatic heterocycles. The number of nitrogens with one attached hydrogen (secondary N) is 1. The first kappa shape index (κ1) is 16.3. The van der Waals surface area contributed by atoms with Crippen LogP contribution in [0.25, 0.3) is 0 Å². The highest BCUT2D eigenvalue weighted by Gasteiger charge is 2.11. The summed E-state index contributed by atoms with van der Waals surface area (Å²) in [5.41, 5.74) is 2.27. The first-order chi connectivity index (χ1) is 8.85. The van der Waals surface area contributed by atoms with Crippen molar-refractivity contribution >= 4 is 11.6 Å². The summed E-state index contributed by atoms with van der Waals surface area (Å²) >= 11 is 6.30. The lowest BCUT2D eigenvalue weighted by Gasteiger charge is -2.19. The number of aromatic nitrogens is 2. The van der Waals surface area contributed by atoms with Crippen LogP contribution >= 0.6 is 11.6 Å². The molecule has 1 rings (SSSR count). The third-order valence-corrected chi connectivity index (χ3v) is 3.38. The van der Waals surface area contributed by atoms with E-state index in [1.54, 1.807) is 0 Å². The fourth-order valence-electron chi connectivity index (χ4n) is 1.88. The van der Waals surface area contributed by atoms with E-state index in [0.717, 1.165) is 42.2 Å². The molecule has 1 N–H and O–H groups in total. The molecule has 0 spiro atoms. The zero-order valence-electron chi connectivity index (χ0n) is 12.8. The summed E-state index contributed by atoms with van der Waals surface area (Å²) in [5, 5.41) is 8.70. The number of hydrogen-bond donors (Lipinski definition) is 1. The predicted molar refractivity (Wildman–Crippen MR) is 82.8 cm³/mol. The zero-order valence-corrected chi connectivity index (χ0v) is 13.5. The van der Waals surface area contributed by atoms with E-state index in [1.165, 1.54) is 0 Å². The maximum absolute atomic E-state index is 6.30. The number of allylic oxidation sites excluding steroid dienone is 1.